The highest BCUT2D eigenvalue weighted by Gasteiger charge is 2.24. The van der Waals surface area contributed by atoms with Crippen molar-refractivity contribution in [1.29, 1.82) is 0 Å². The molecule has 6 heteroatoms. The van der Waals surface area contributed by atoms with E-state index in [0.717, 1.165) is 5.56 Å². The van der Waals surface area contributed by atoms with Gasteiger partial charge in [-0.1, -0.05) is 30.3 Å². The van der Waals surface area contributed by atoms with E-state index < -0.39 is 6.04 Å². The molecule has 1 fully saturated rings. The molecule has 0 spiro atoms. The summed E-state index contributed by atoms with van der Waals surface area (Å²) in [6, 6.07) is 9.20. The van der Waals surface area contributed by atoms with E-state index in [9.17, 15) is 0 Å². The first-order valence-corrected chi connectivity index (χ1v) is 6.18. The standard InChI is InChI=1S/C13H15N3O3/c14-11(9-4-2-1-3-5-9)13-16-15-12(19-13)10-8-17-6-7-18-10/h1-5,10-11H,6-8,14H2. The molecule has 6 nitrogen and oxygen atoms in total. The van der Waals surface area contributed by atoms with E-state index >= 15 is 0 Å². The van der Waals surface area contributed by atoms with Crippen LogP contribution < -0.4 is 5.73 Å². The van der Waals surface area contributed by atoms with E-state index in [0.29, 0.717) is 31.6 Å². The number of nitrogens with two attached hydrogens (primary N) is 1. The van der Waals surface area contributed by atoms with Crippen molar-refractivity contribution in [2.45, 2.75) is 12.1 Å². The minimum Gasteiger partial charge on any atom is -0.420 e. The van der Waals surface area contributed by atoms with Crippen molar-refractivity contribution in [3.8, 4) is 0 Å². The van der Waals surface area contributed by atoms with Gasteiger partial charge in [-0.25, -0.2) is 0 Å². The van der Waals surface area contributed by atoms with Gasteiger partial charge in [-0.3, -0.25) is 0 Å². The van der Waals surface area contributed by atoms with Gasteiger partial charge in [0.05, 0.1) is 19.8 Å². The smallest absolute Gasteiger partial charge is 0.247 e. The SMILES string of the molecule is NC(c1ccccc1)c1nnc(C2COCCO2)o1. The average molecular weight is 261 g/mol. The summed E-state index contributed by atoms with van der Waals surface area (Å²) in [7, 11) is 0. The molecule has 2 N–H and O–H groups in total. The maximum atomic E-state index is 6.09. The first-order valence-electron chi connectivity index (χ1n) is 6.18. The van der Waals surface area contributed by atoms with Crippen molar-refractivity contribution in [1.82, 2.24) is 10.2 Å². The van der Waals surface area contributed by atoms with Gasteiger partial charge in [-0.05, 0) is 5.56 Å². The van der Waals surface area contributed by atoms with Crippen LogP contribution in [-0.2, 0) is 9.47 Å². The molecule has 2 unspecified atom stereocenters. The summed E-state index contributed by atoms with van der Waals surface area (Å²) in [6.07, 6.45) is -0.294. The lowest BCUT2D eigenvalue weighted by Crippen LogP contribution is -2.22. The average Bonchev–Trinajstić information content (AvgIpc) is 2.98. The molecule has 0 radical (unpaired) electrons. The zero-order valence-electron chi connectivity index (χ0n) is 10.4. The fraction of sp³-hybridized carbons (Fsp3) is 0.385. The Morgan fingerprint density at radius 3 is 2.74 bits per heavy atom. The Hall–Kier alpha value is -1.76. The van der Waals surface area contributed by atoms with Crippen LogP contribution in [0.4, 0.5) is 0 Å². The normalized spacial score (nSPS) is 21.2. The van der Waals surface area contributed by atoms with E-state index in [-0.39, 0.29) is 6.10 Å². The number of benzene rings is 1. The zero-order valence-corrected chi connectivity index (χ0v) is 10.4. The maximum Gasteiger partial charge on any atom is 0.247 e. The molecule has 1 aromatic heterocycles. The summed E-state index contributed by atoms with van der Waals surface area (Å²) in [4.78, 5) is 0. The van der Waals surface area contributed by atoms with Crippen LogP contribution in [0.3, 0.4) is 0 Å². The Balaban J connectivity index is 1.77. The zero-order chi connectivity index (χ0) is 13.1. The van der Waals surface area contributed by atoms with Crippen LogP contribution in [0.1, 0.15) is 29.5 Å². The van der Waals surface area contributed by atoms with Crippen molar-refractivity contribution in [2.75, 3.05) is 19.8 Å². The lowest BCUT2D eigenvalue weighted by Gasteiger charge is -2.19. The summed E-state index contributed by atoms with van der Waals surface area (Å²) in [5, 5.41) is 7.98. The Kier molecular flexibility index (Phi) is 3.54. The van der Waals surface area contributed by atoms with E-state index in [2.05, 4.69) is 10.2 Å². The van der Waals surface area contributed by atoms with Crippen LogP contribution in [0.2, 0.25) is 0 Å². The fourth-order valence-electron chi connectivity index (χ4n) is 1.94. The minimum atomic E-state index is -0.424. The van der Waals surface area contributed by atoms with Gasteiger partial charge in [-0.2, -0.15) is 0 Å². The molecule has 100 valence electrons. The molecule has 2 aromatic rings. The molecule has 19 heavy (non-hydrogen) atoms. The molecule has 0 amide bonds. The summed E-state index contributed by atoms with van der Waals surface area (Å²) in [5.74, 6) is 0.802. The second-order valence-electron chi connectivity index (χ2n) is 4.30. The van der Waals surface area contributed by atoms with Crippen molar-refractivity contribution in [3.05, 3.63) is 47.7 Å². The topological polar surface area (TPSA) is 83.4 Å². The van der Waals surface area contributed by atoms with E-state index in [1.54, 1.807) is 0 Å². The quantitative estimate of drug-likeness (QED) is 0.894. The van der Waals surface area contributed by atoms with Crippen LogP contribution in [0.15, 0.2) is 34.7 Å². The van der Waals surface area contributed by atoms with E-state index in [1.165, 1.54) is 0 Å². The summed E-state index contributed by atoms with van der Waals surface area (Å²) in [5.41, 5.74) is 7.02. The number of nitrogens with zero attached hydrogens (tertiary/aromatic N) is 2. The molecule has 1 aliphatic heterocycles. The van der Waals surface area contributed by atoms with Gasteiger partial charge in [0, 0.05) is 0 Å². The molecular weight excluding hydrogens is 246 g/mol. The third-order valence-corrected chi connectivity index (χ3v) is 2.97. The number of aromatic nitrogens is 2. The van der Waals surface area contributed by atoms with E-state index in [4.69, 9.17) is 19.6 Å². The molecule has 0 saturated carbocycles. The highest BCUT2D eigenvalue weighted by atomic mass is 16.6. The Labute approximate surface area is 110 Å². The van der Waals surface area contributed by atoms with Gasteiger partial charge in [0.1, 0.15) is 6.04 Å². The second-order valence-corrected chi connectivity index (χ2v) is 4.30. The van der Waals surface area contributed by atoms with Gasteiger partial charge < -0.3 is 19.6 Å². The highest BCUT2D eigenvalue weighted by molar-refractivity contribution is 5.22. The lowest BCUT2D eigenvalue weighted by molar-refractivity contribution is -0.0999. The van der Waals surface area contributed by atoms with Crippen LogP contribution in [0.25, 0.3) is 0 Å². The second kappa shape index (κ2) is 5.48. The monoisotopic (exact) mass is 261 g/mol. The van der Waals surface area contributed by atoms with Crippen LogP contribution in [-0.4, -0.2) is 30.0 Å². The van der Waals surface area contributed by atoms with Gasteiger partial charge in [-0.15, -0.1) is 10.2 Å². The molecule has 1 aromatic carbocycles. The highest BCUT2D eigenvalue weighted by Crippen LogP contribution is 2.23. The first-order chi connectivity index (χ1) is 9.34. The van der Waals surface area contributed by atoms with E-state index in [1.807, 2.05) is 30.3 Å². The molecule has 3 rings (SSSR count). The summed E-state index contributed by atoms with van der Waals surface area (Å²) >= 11 is 0. The number of hydrogen-bond acceptors (Lipinski definition) is 6. The van der Waals surface area contributed by atoms with Crippen molar-refractivity contribution >= 4 is 0 Å². The summed E-state index contributed by atoms with van der Waals surface area (Å²) < 4.78 is 16.4. The molecule has 1 aliphatic rings. The predicted octanol–water partition coefficient (Wildman–Crippen LogP) is 1.21. The van der Waals surface area contributed by atoms with Crippen molar-refractivity contribution in [3.63, 3.8) is 0 Å². The minimum absolute atomic E-state index is 0.294. The lowest BCUT2D eigenvalue weighted by atomic mass is 10.1. The van der Waals surface area contributed by atoms with Gasteiger partial charge >= 0.3 is 0 Å². The van der Waals surface area contributed by atoms with Gasteiger partial charge in [0.2, 0.25) is 11.8 Å². The predicted molar refractivity (Wildman–Crippen MR) is 66.3 cm³/mol. The van der Waals surface area contributed by atoms with Crippen LogP contribution in [0.5, 0.6) is 0 Å². The Bertz CT molecular complexity index is 523. The van der Waals surface area contributed by atoms with Gasteiger partial charge in [0.15, 0.2) is 6.10 Å². The maximum absolute atomic E-state index is 6.09. The van der Waals surface area contributed by atoms with Crippen LogP contribution in [0, 0.1) is 0 Å². The number of ether oxygens (including phenoxy) is 2. The Morgan fingerprint density at radius 2 is 2.00 bits per heavy atom. The number of rotatable bonds is 3. The van der Waals surface area contributed by atoms with Gasteiger partial charge in [0.25, 0.3) is 0 Å². The molecule has 2 heterocycles. The molecule has 0 aliphatic carbocycles. The van der Waals surface area contributed by atoms with Crippen molar-refractivity contribution in [2.24, 2.45) is 5.73 Å². The summed E-state index contributed by atoms with van der Waals surface area (Å²) in [6.45, 7) is 1.57. The molecule has 1 saturated heterocycles. The van der Waals surface area contributed by atoms with Crippen LogP contribution >= 0.6 is 0 Å². The third kappa shape index (κ3) is 2.65. The number of hydrogen-bond donors (Lipinski definition) is 1. The Morgan fingerprint density at radius 1 is 1.16 bits per heavy atom. The third-order valence-electron chi connectivity index (χ3n) is 2.97. The molecule has 2 atom stereocenters. The first kappa shape index (κ1) is 12.3. The molecular formula is C13H15N3O3. The largest absolute Gasteiger partial charge is 0.420 e. The molecule has 0 bridgehead atoms. The fourth-order valence-corrected chi connectivity index (χ4v) is 1.94. The van der Waals surface area contributed by atoms with Crippen molar-refractivity contribution < 1.29 is 13.9 Å².